The minimum atomic E-state index is -2.62. The van der Waals surface area contributed by atoms with Gasteiger partial charge in [0.05, 0.1) is 5.76 Å². The summed E-state index contributed by atoms with van der Waals surface area (Å²) in [6.45, 7) is 12.6. The minimum absolute atomic E-state index is 0. The molecule has 0 bridgehead atoms. The van der Waals surface area contributed by atoms with E-state index in [2.05, 4.69) is 116 Å². The van der Waals surface area contributed by atoms with E-state index in [0.29, 0.717) is 5.92 Å². The van der Waals surface area contributed by atoms with E-state index in [4.69, 9.17) is 9.40 Å². The molecular weight excluding hydrogens is 879 g/mol. The van der Waals surface area contributed by atoms with Crippen molar-refractivity contribution in [3.63, 3.8) is 0 Å². The molecule has 1 radical (unpaired) electrons. The Bertz CT molecular complexity index is 2120. The monoisotopic (exact) mass is 935 g/mol. The van der Waals surface area contributed by atoms with Crippen LogP contribution in [0.25, 0.3) is 44.0 Å². The number of benzene rings is 4. The van der Waals surface area contributed by atoms with Crippen LogP contribution in [-0.4, -0.2) is 29.1 Å². The fourth-order valence-electron chi connectivity index (χ4n) is 7.24. The van der Waals surface area contributed by atoms with Crippen LogP contribution in [0.5, 0.6) is 0 Å². The van der Waals surface area contributed by atoms with Crippen LogP contribution < -0.4 is 8.79 Å². The van der Waals surface area contributed by atoms with Gasteiger partial charge < -0.3 is 5.11 Å². The van der Waals surface area contributed by atoms with Crippen molar-refractivity contribution in [3.05, 3.63) is 115 Å². The summed E-state index contributed by atoms with van der Waals surface area (Å²) < 4.78 is 9.54. The minimum Gasteiger partial charge on any atom is -0.512 e. The maximum atomic E-state index is 11.7. The van der Waals surface area contributed by atoms with E-state index in [0.717, 1.165) is 70.7 Å². The molecule has 0 aliphatic heterocycles. The van der Waals surface area contributed by atoms with Gasteiger partial charge in [-0.1, -0.05) is 27.7 Å². The van der Waals surface area contributed by atoms with Gasteiger partial charge in [0.1, 0.15) is 0 Å². The van der Waals surface area contributed by atoms with Crippen LogP contribution >= 0.6 is 0 Å². The van der Waals surface area contributed by atoms with Crippen molar-refractivity contribution in [2.75, 3.05) is 0 Å². The molecular formula is C46H54GeIrNO3-. The molecule has 2 heterocycles. The maximum Gasteiger partial charge on any atom is 0.162 e. The van der Waals surface area contributed by atoms with Gasteiger partial charge in [-0.05, 0) is 25.7 Å². The summed E-state index contributed by atoms with van der Waals surface area (Å²) >= 11 is -2.62. The molecule has 6 heteroatoms. The van der Waals surface area contributed by atoms with Crippen LogP contribution in [0.15, 0.2) is 107 Å². The molecule has 52 heavy (non-hydrogen) atoms. The van der Waals surface area contributed by atoms with Gasteiger partial charge in [-0.15, -0.1) is 0 Å². The van der Waals surface area contributed by atoms with Crippen LogP contribution in [0.3, 0.4) is 0 Å². The Labute approximate surface area is 326 Å². The summed E-state index contributed by atoms with van der Waals surface area (Å²) in [6.07, 6.45) is 7.81. The Kier molecular flexibility index (Phi) is 14.7. The van der Waals surface area contributed by atoms with Crippen LogP contribution in [0.4, 0.5) is 0 Å². The predicted molar refractivity (Wildman–Crippen MR) is 219 cm³/mol. The molecule has 0 aliphatic carbocycles. The van der Waals surface area contributed by atoms with Crippen molar-refractivity contribution >= 4 is 60.6 Å². The van der Waals surface area contributed by atoms with Gasteiger partial charge in [0.2, 0.25) is 0 Å². The van der Waals surface area contributed by atoms with E-state index in [1.807, 2.05) is 33.9 Å². The predicted octanol–water partition coefficient (Wildman–Crippen LogP) is 11.5. The zero-order chi connectivity index (χ0) is 36.7. The number of para-hydroxylation sites is 1. The summed E-state index contributed by atoms with van der Waals surface area (Å²) in [6, 6.07) is 34.3. The molecule has 0 saturated carbocycles. The van der Waals surface area contributed by atoms with E-state index in [1.54, 1.807) is 0 Å². The standard InChI is InChI=1S/C33H30GeNO.C13H24O2.Ir/c1-22(2)19-24-12-10-16-28-29-17-18-35-31(33(29)36-32(24)28)25-20-23-11-8-9-15-27(23)30(21-25)34(3,4)26-13-6-5-7-14-26;1-5-10(6-2)12(14)9-13(15)11(7-3)8-4;/h5-18,21-22H,19H2,1-4H3;9-11,14H,5-8H2,1-4H3;/q-1;;/b;12-9-;. The van der Waals surface area contributed by atoms with Gasteiger partial charge in [-0.3, -0.25) is 4.79 Å². The molecule has 1 N–H and O–H groups in total. The fraction of sp³-hybridized carbons (Fsp3) is 0.348. The molecule has 0 aliphatic rings. The number of ketones is 1. The molecule has 2 aromatic heterocycles. The number of fused-ring (bicyclic) bond motifs is 4. The first-order valence-electron chi connectivity index (χ1n) is 18.8. The summed E-state index contributed by atoms with van der Waals surface area (Å²) in [4.78, 5) is 16.6. The number of carbonyl (C=O) groups is 1. The Hall–Kier alpha value is -3.51. The van der Waals surface area contributed by atoms with E-state index in [9.17, 15) is 9.90 Å². The number of allylic oxidation sites excluding steroid dienone is 2. The first-order chi connectivity index (χ1) is 24.5. The van der Waals surface area contributed by atoms with Gasteiger partial charge >= 0.3 is 216 Å². The van der Waals surface area contributed by atoms with Crippen molar-refractivity contribution in [1.82, 2.24) is 4.98 Å². The Morgan fingerprint density at radius 3 is 2.08 bits per heavy atom. The number of aromatic nitrogens is 1. The first-order valence-corrected chi connectivity index (χ1v) is 25.1. The number of nitrogens with zero attached hydrogens (tertiary/aromatic N) is 1. The number of pyridine rings is 1. The SMILES string of the molecule is CC(C)Cc1cccc2c1oc1c(-c3[c-]c4ccccc4[c]([Ge]([CH3])([CH3])[c]4ccccc4)c3)nccc12.CCC(CC)C(=O)/C=C(\O)C(CC)CC.[Ir]. The fourth-order valence-corrected chi connectivity index (χ4v) is 13.0. The van der Waals surface area contributed by atoms with Crippen molar-refractivity contribution in [2.24, 2.45) is 17.8 Å². The average Bonchev–Trinajstić information content (AvgIpc) is 3.52. The van der Waals surface area contributed by atoms with Crippen molar-refractivity contribution < 1.29 is 34.4 Å². The van der Waals surface area contributed by atoms with E-state index < -0.39 is 13.3 Å². The van der Waals surface area contributed by atoms with Crippen molar-refractivity contribution in [1.29, 1.82) is 0 Å². The van der Waals surface area contributed by atoms with Gasteiger partial charge in [0.15, 0.2) is 5.78 Å². The third kappa shape index (κ3) is 8.98. The molecule has 0 atom stereocenters. The number of carbonyl (C=O) groups excluding carboxylic acids is 1. The second kappa shape index (κ2) is 18.5. The molecule has 0 unspecified atom stereocenters. The Balaban J connectivity index is 0.000000323. The zero-order valence-electron chi connectivity index (χ0n) is 32.0. The molecule has 0 fully saturated rings. The molecule has 6 aromatic rings. The van der Waals surface area contributed by atoms with Gasteiger partial charge in [-0.25, -0.2) is 0 Å². The molecule has 0 spiro atoms. The molecule has 4 nitrogen and oxygen atoms in total. The summed E-state index contributed by atoms with van der Waals surface area (Å²) in [5.74, 6) is 6.07. The van der Waals surface area contributed by atoms with Crippen LogP contribution in [0, 0.1) is 23.8 Å². The van der Waals surface area contributed by atoms with E-state index >= 15 is 0 Å². The first kappa shape index (κ1) is 41.3. The molecule has 0 saturated heterocycles. The number of aliphatic hydroxyl groups excluding tert-OH is 1. The summed E-state index contributed by atoms with van der Waals surface area (Å²) in [5.41, 5.74) is 4.98. The average molecular weight is 934 g/mol. The number of aliphatic hydroxyl groups is 1. The topological polar surface area (TPSA) is 63.3 Å². The number of hydrogen-bond donors (Lipinski definition) is 1. The van der Waals surface area contributed by atoms with Crippen molar-refractivity contribution in [3.8, 4) is 11.3 Å². The summed E-state index contributed by atoms with van der Waals surface area (Å²) in [7, 11) is 0. The van der Waals surface area contributed by atoms with E-state index in [1.165, 1.54) is 25.8 Å². The smallest absolute Gasteiger partial charge is 0.162 e. The van der Waals surface area contributed by atoms with Crippen LogP contribution in [0.2, 0.25) is 11.5 Å². The third-order valence-electron chi connectivity index (χ3n) is 10.4. The van der Waals surface area contributed by atoms with Gasteiger partial charge in [0.25, 0.3) is 0 Å². The number of furan rings is 1. The second-order valence-corrected chi connectivity index (χ2v) is 23.8. The van der Waals surface area contributed by atoms with Gasteiger partial charge in [0, 0.05) is 38.0 Å². The van der Waals surface area contributed by atoms with Crippen LogP contribution in [-0.2, 0) is 31.3 Å². The third-order valence-corrected chi connectivity index (χ3v) is 17.8. The zero-order valence-corrected chi connectivity index (χ0v) is 36.5. The molecule has 275 valence electrons. The number of hydrogen-bond acceptors (Lipinski definition) is 4. The van der Waals surface area contributed by atoms with E-state index in [-0.39, 0.29) is 43.5 Å². The number of rotatable bonds is 12. The molecule has 6 rings (SSSR count). The normalized spacial score (nSPS) is 12.1. The van der Waals surface area contributed by atoms with Crippen LogP contribution in [0.1, 0.15) is 72.8 Å². The molecule has 4 aromatic carbocycles. The molecule has 0 amide bonds. The summed E-state index contributed by atoms with van der Waals surface area (Å²) in [5, 5.41) is 14.5. The Morgan fingerprint density at radius 2 is 1.42 bits per heavy atom. The quantitative estimate of drug-likeness (QED) is 0.0575. The van der Waals surface area contributed by atoms with Crippen molar-refractivity contribution in [2.45, 2.75) is 85.2 Å². The Morgan fingerprint density at radius 1 is 0.808 bits per heavy atom. The second-order valence-electron chi connectivity index (χ2n) is 14.7. The van der Waals surface area contributed by atoms with Gasteiger partial charge in [-0.2, -0.15) is 0 Å². The maximum absolute atomic E-state index is 11.7. The largest absolute Gasteiger partial charge is 0.512 e.